The monoisotopic (exact) mass is 419 g/mol. The van der Waals surface area contributed by atoms with Crippen molar-refractivity contribution >= 4 is 41.3 Å². The van der Waals surface area contributed by atoms with Crippen LogP contribution in [0.25, 0.3) is 0 Å². The van der Waals surface area contributed by atoms with E-state index in [1.807, 2.05) is 11.1 Å². The van der Waals surface area contributed by atoms with Crippen LogP contribution >= 0.6 is 11.6 Å². The van der Waals surface area contributed by atoms with Gasteiger partial charge in [-0.15, -0.1) is 0 Å². The summed E-state index contributed by atoms with van der Waals surface area (Å²) in [5, 5.41) is 2.44. The van der Waals surface area contributed by atoms with E-state index in [4.69, 9.17) is 17.3 Å². The smallest absolute Gasteiger partial charge is 0.260 e. The molecule has 9 nitrogen and oxygen atoms in total. The highest BCUT2D eigenvalue weighted by Crippen LogP contribution is 2.49. The summed E-state index contributed by atoms with van der Waals surface area (Å²) in [5.41, 5.74) is 14.9. The molecule has 2 fully saturated rings. The Bertz CT molecular complexity index is 872. The minimum absolute atomic E-state index is 0.221. The predicted molar refractivity (Wildman–Crippen MR) is 114 cm³/mol. The van der Waals surface area contributed by atoms with Crippen LogP contribution in [0.1, 0.15) is 38.7 Å². The fraction of sp³-hybridized carbons (Fsp3) is 0.474. The first-order valence-corrected chi connectivity index (χ1v) is 9.81. The van der Waals surface area contributed by atoms with E-state index < -0.39 is 5.54 Å². The normalized spacial score (nSPS) is 26.7. The zero-order valence-electron chi connectivity index (χ0n) is 16.7. The van der Waals surface area contributed by atoms with Crippen LogP contribution in [0.5, 0.6) is 0 Å². The van der Waals surface area contributed by atoms with Crippen molar-refractivity contribution in [3.63, 3.8) is 0 Å². The second-order valence-electron chi connectivity index (χ2n) is 7.63. The average Bonchev–Trinajstić information content (AvgIpc) is 2.68. The fourth-order valence-electron chi connectivity index (χ4n) is 4.19. The van der Waals surface area contributed by atoms with Crippen LogP contribution in [-0.4, -0.2) is 47.6 Å². The Morgan fingerprint density at radius 2 is 2.10 bits per heavy atom. The van der Waals surface area contributed by atoms with Gasteiger partial charge in [0.05, 0.1) is 5.02 Å². The SMILES string of the molecule is CN=CN=C(N)c1cc(NN2[C@@H]3C[C@@H](C)CC2(C(=O)NNC(C)=O)C3)ccc1Cl. The number of carbonyl (C=O) groups is 2. The maximum atomic E-state index is 12.9. The van der Waals surface area contributed by atoms with Gasteiger partial charge in [0, 0.05) is 31.3 Å². The van der Waals surface area contributed by atoms with Crippen molar-refractivity contribution in [2.24, 2.45) is 21.6 Å². The van der Waals surface area contributed by atoms with Gasteiger partial charge < -0.3 is 11.2 Å². The first kappa shape index (κ1) is 21.1. The summed E-state index contributed by atoms with van der Waals surface area (Å²) < 4.78 is 0. The Morgan fingerprint density at radius 3 is 2.79 bits per heavy atom. The number of nitrogens with two attached hydrogens (primary N) is 1. The van der Waals surface area contributed by atoms with E-state index in [1.54, 1.807) is 19.2 Å². The number of anilines is 1. The number of benzene rings is 1. The summed E-state index contributed by atoms with van der Waals surface area (Å²) in [6, 6.07) is 5.57. The highest BCUT2D eigenvalue weighted by molar-refractivity contribution is 6.34. The van der Waals surface area contributed by atoms with E-state index >= 15 is 0 Å². The molecule has 1 unspecified atom stereocenters. The average molecular weight is 420 g/mol. The van der Waals surface area contributed by atoms with Crippen LogP contribution in [0.2, 0.25) is 5.02 Å². The van der Waals surface area contributed by atoms with Gasteiger partial charge in [-0.25, -0.2) is 10.0 Å². The molecule has 2 aliphatic rings. The molecule has 10 heteroatoms. The van der Waals surface area contributed by atoms with Crippen LogP contribution in [0.15, 0.2) is 28.2 Å². The number of nitrogens with zero attached hydrogens (tertiary/aromatic N) is 3. The van der Waals surface area contributed by atoms with Gasteiger partial charge in [0.1, 0.15) is 17.7 Å². The topological polar surface area (TPSA) is 124 Å². The first-order valence-electron chi connectivity index (χ1n) is 9.43. The van der Waals surface area contributed by atoms with Crippen molar-refractivity contribution < 1.29 is 9.59 Å². The van der Waals surface area contributed by atoms with Gasteiger partial charge >= 0.3 is 0 Å². The van der Waals surface area contributed by atoms with Crippen molar-refractivity contribution in [2.75, 3.05) is 12.5 Å². The van der Waals surface area contributed by atoms with Gasteiger partial charge in [-0.1, -0.05) is 18.5 Å². The lowest BCUT2D eigenvalue weighted by Crippen LogP contribution is -2.77. The first-order chi connectivity index (χ1) is 13.8. The number of nitrogens with one attached hydrogen (secondary N) is 3. The minimum Gasteiger partial charge on any atom is -0.383 e. The maximum Gasteiger partial charge on any atom is 0.260 e. The summed E-state index contributed by atoms with van der Waals surface area (Å²) in [6.07, 6.45) is 3.76. The fourth-order valence-corrected chi connectivity index (χ4v) is 4.40. The van der Waals surface area contributed by atoms with Crippen LogP contribution in [0.4, 0.5) is 5.69 Å². The van der Waals surface area contributed by atoms with Gasteiger partial charge in [0.2, 0.25) is 5.91 Å². The van der Waals surface area contributed by atoms with Gasteiger partial charge in [-0.05, 0) is 43.4 Å². The molecule has 0 saturated carbocycles. The number of halogens is 1. The molecule has 3 rings (SSSR count). The molecule has 2 aliphatic heterocycles. The lowest BCUT2D eigenvalue weighted by Gasteiger charge is -2.61. The second-order valence-corrected chi connectivity index (χ2v) is 8.04. The summed E-state index contributed by atoms with van der Waals surface area (Å²) >= 11 is 6.27. The second kappa shape index (κ2) is 8.38. The number of amides is 2. The molecular formula is C19H26ClN7O2. The molecule has 0 aliphatic carbocycles. The van der Waals surface area contributed by atoms with Crippen molar-refractivity contribution in [1.29, 1.82) is 0 Å². The number of hydrazine groups is 2. The molecule has 1 aromatic rings. The molecular weight excluding hydrogens is 394 g/mol. The van der Waals surface area contributed by atoms with E-state index in [9.17, 15) is 9.59 Å². The van der Waals surface area contributed by atoms with Crippen LogP contribution in [0.3, 0.4) is 0 Å². The number of rotatable bonds is 5. The van der Waals surface area contributed by atoms with Gasteiger partial charge in [0.15, 0.2) is 0 Å². The molecule has 2 saturated heterocycles. The highest BCUT2D eigenvalue weighted by Gasteiger charge is 2.61. The van der Waals surface area contributed by atoms with E-state index in [-0.39, 0.29) is 23.7 Å². The van der Waals surface area contributed by atoms with E-state index in [1.165, 1.54) is 13.3 Å². The number of hydrogen-bond acceptors (Lipinski definition) is 5. The predicted octanol–water partition coefficient (Wildman–Crippen LogP) is 1.44. The van der Waals surface area contributed by atoms with Gasteiger partial charge in [-0.2, -0.15) is 0 Å². The van der Waals surface area contributed by atoms with Crippen LogP contribution in [0, 0.1) is 5.92 Å². The Labute approximate surface area is 174 Å². The maximum absolute atomic E-state index is 12.9. The summed E-state index contributed by atoms with van der Waals surface area (Å²) in [4.78, 5) is 31.9. The third-order valence-electron chi connectivity index (χ3n) is 5.34. The quantitative estimate of drug-likeness (QED) is 0.326. The largest absolute Gasteiger partial charge is 0.383 e. The van der Waals surface area contributed by atoms with Crippen molar-refractivity contribution in [2.45, 2.75) is 44.7 Å². The molecule has 5 N–H and O–H groups in total. The van der Waals surface area contributed by atoms with Gasteiger partial charge in [-0.3, -0.25) is 25.4 Å². The number of carbonyl (C=O) groups excluding carboxylic acids is 2. The molecule has 0 aromatic heterocycles. The van der Waals surface area contributed by atoms with Gasteiger partial charge in [0.25, 0.3) is 5.91 Å². The van der Waals surface area contributed by atoms with E-state index in [2.05, 4.69) is 33.2 Å². The summed E-state index contributed by atoms with van der Waals surface area (Å²) in [5.74, 6) is 0.116. The standard InChI is InChI=1S/C19H26ClN7O2/c1-11-6-14-9-19(8-11,18(29)25-24-12(2)28)27(14)26-13-4-5-16(20)15(7-13)17(21)23-10-22-3/h4-5,7,10-11,14,26H,6,8-9H2,1-3H3,(H,24,28)(H,25,29)(H2,21,22,23)/t11-,14-,19?/m1/s1. The zero-order valence-corrected chi connectivity index (χ0v) is 17.5. The number of piperidine rings is 1. The molecule has 0 radical (unpaired) electrons. The third kappa shape index (κ3) is 4.20. The number of aliphatic imine (C=N–C) groups is 2. The molecule has 156 valence electrons. The van der Waals surface area contributed by atoms with Crippen molar-refractivity contribution in [3.8, 4) is 0 Å². The molecule has 1 aromatic carbocycles. The minimum atomic E-state index is -0.723. The Morgan fingerprint density at radius 1 is 1.34 bits per heavy atom. The number of hydrogen-bond donors (Lipinski definition) is 4. The molecule has 3 atom stereocenters. The third-order valence-corrected chi connectivity index (χ3v) is 5.67. The van der Waals surface area contributed by atoms with E-state index in [0.29, 0.717) is 22.9 Å². The highest BCUT2D eigenvalue weighted by atomic mass is 35.5. The molecule has 2 heterocycles. The Hall–Kier alpha value is -2.65. The van der Waals surface area contributed by atoms with Crippen LogP contribution in [-0.2, 0) is 9.59 Å². The Kier molecular flexibility index (Phi) is 6.09. The van der Waals surface area contributed by atoms with Crippen LogP contribution < -0.4 is 22.0 Å². The van der Waals surface area contributed by atoms with Crippen molar-refractivity contribution in [1.82, 2.24) is 15.9 Å². The molecule has 0 spiro atoms. The van der Waals surface area contributed by atoms with E-state index in [0.717, 1.165) is 18.5 Å². The lowest BCUT2D eigenvalue weighted by molar-refractivity contribution is -0.163. The lowest BCUT2D eigenvalue weighted by atomic mass is 9.65. The molecule has 2 amide bonds. The number of amidine groups is 1. The van der Waals surface area contributed by atoms with Crippen molar-refractivity contribution in [3.05, 3.63) is 28.8 Å². The summed E-state index contributed by atoms with van der Waals surface area (Å²) in [6.45, 7) is 3.49. The number of fused-ring (bicyclic) bond motifs is 2. The Balaban J connectivity index is 1.83. The molecule has 29 heavy (non-hydrogen) atoms. The molecule has 2 bridgehead atoms. The summed E-state index contributed by atoms with van der Waals surface area (Å²) in [7, 11) is 1.60. The zero-order chi connectivity index (χ0) is 21.2.